The number of thiol groups is 1. The number of hydrogen-bond donors (Lipinski definition) is 3. The minimum Gasteiger partial charge on any atom is -0.320 e. The zero-order valence-electron chi connectivity index (χ0n) is 23.1. The van der Waals surface area contributed by atoms with Crippen LogP contribution in [0.1, 0.15) is 50.2 Å². The lowest BCUT2D eigenvalue weighted by molar-refractivity contribution is -0.151. The second-order valence-electron chi connectivity index (χ2n) is 10.4. The van der Waals surface area contributed by atoms with Gasteiger partial charge in [-0.2, -0.15) is 17.6 Å². The number of rotatable bonds is 7. The molecule has 1 aliphatic carbocycles. The van der Waals surface area contributed by atoms with Gasteiger partial charge in [0.05, 0.1) is 23.5 Å². The summed E-state index contributed by atoms with van der Waals surface area (Å²) in [5, 5.41) is 2.11. The quantitative estimate of drug-likeness (QED) is 0.418. The average Bonchev–Trinajstić information content (AvgIpc) is 3.10. The van der Waals surface area contributed by atoms with Gasteiger partial charge in [-0.1, -0.05) is 61.2 Å². The molecule has 2 aromatic carbocycles. The highest BCUT2D eigenvalue weighted by atomic mass is 35.5. The molecular formula is C29H35ClN6O4S. The van der Waals surface area contributed by atoms with Gasteiger partial charge in [0.1, 0.15) is 0 Å². The van der Waals surface area contributed by atoms with Crippen molar-refractivity contribution in [1.82, 2.24) is 9.91 Å². The molecule has 218 valence electrons. The molecule has 1 heterocycles. The summed E-state index contributed by atoms with van der Waals surface area (Å²) in [6.45, 7) is 1.19. The molecule has 10 nitrogen and oxygen atoms in total. The third-order valence-electron chi connectivity index (χ3n) is 7.55. The summed E-state index contributed by atoms with van der Waals surface area (Å²) in [5.41, 5.74) is 14.0. The Morgan fingerprint density at radius 3 is 2.34 bits per heavy atom. The molecule has 1 saturated carbocycles. The molecule has 0 spiro atoms. The van der Waals surface area contributed by atoms with E-state index in [9.17, 15) is 19.2 Å². The van der Waals surface area contributed by atoms with Crippen LogP contribution in [-0.4, -0.2) is 70.3 Å². The van der Waals surface area contributed by atoms with Crippen LogP contribution in [0.25, 0.3) is 0 Å². The van der Waals surface area contributed by atoms with E-state index in [-0.39, 0.29) is 17.4 Å². The van der Waals surface area contributed by atoms with Crippen molar-refractivity contribution in [1.29, 1.82) is 0 Å². The summed E-state index contributed by atoms with van der Waals surface area (Å²) >= 11 is 10.5. The number of imide groups is 1. The third kappa shape index (κ3) is 6.33. The minimum absolute atomic E-state index is 0.0349. The van der Waals surface area contributed by atoms with Gasteiger partial charge in [0, 0.05) is 35.9 Å². The molecular weight excluding hydrogens is 564 g/mol. The Morgan fingerprint density at radius 1 is 1.07 bits per heavy atom. The number of benzene rings is 2. The molecule has 4 rings (SSSR count). The summed E-state index contributed by atoms with van der Waals surface area (Å²) in [6.07, 6.45) is 2.95. The van der Waals surface area contributed by atoms with Crippen LogP contribution in [0.15, 0.2) is 53.5 Å². The van der Waals surface area contributed by atoms with Crippen molar-refractivity contribution in [3.05, 3.63) is 64.7 Å². The molecule has 2 aromatic rings. The molecule has 0 aromatic heterocycles. The fourth-order valence-electron chi connectivity index (χ4n) is 5.33. The first-order valence-electron chi connectivity index (χ1n) is 13.6. The molecule has 41 heavy (non-hydrogen) atoms. The second kappa shape index (κ2) is 13.2. The molecule has 4 N–H and O–H groups in total. The zero-order valence-corrected chi connectivity index (χ0v) is 24.7. The number of benzodiazepines with no additional fused rings is 1. The van der Waals surface area contributed by atoms with Crippen LogP contribution < -0.4 is 16.5 Å². The molecule has 0 saturated heterocycles. The Hall–Kier alpha value is -3.25. The molecule has 1 aliphatic heterocycles. The largest absolute Gasteiger partial charge is 0.320 e. The summed E-state index contributed by atoms with van der Waals surface area (Å²) in [6, 6.07) is 11.7. The van der Waals surface area contributed by atoms with Crippen molar-refractivity contribution in [2.24, 2.45) is 22.4 Å². The normalized spacial score (nSPS) is 19.0. The van der Waals surface area contributed by atoms with E-state index in [2.05, 4.69) is 12.6 Å². The number of carbonyl (C=O) groups excluding carboxylic acids is 4. The van der Waals surface area contributed by atoms with Crippen molar-refractivity contribution >= 4 is 59.3 Å². The molecule has 12 heteroatoms. The fourth-order valence-corrected chi connectivity index (χ4v) is 5.66. The van der Waals surface area contributed by atoms with Gasteiger partial charge in [-0.3, -0.25) is 19.2 Å². The SMILES string of the molecule is CC(=O)N(C(=O)C(N)C1CCCCC1)N1C(=O)C(N(C)C(=O)C(N)CS)N=C(c2ccccc2)c2cc(Cl)ccc21. The maximum Gasteiger partial charge on any atom is 0.291 e. The lowest BCUT2D eigenvalue weighted by atomic mass is 9.84. The van der Waals surface area contributed by atoms with Crippen LogP contribution in [-0.2, 0) is 19.2 Å². The first-order chi connectivity index (χ1) is 19.6. The molecule has 3 unspecified atom stereocenters. The Morgan fingerprint density at radius 2 is 1.73 bits per heavy atom. The maximum absolute atomic E-state index is 14.4. The van der Waals surface area contributed by atoms with Gasteiger partial charge < -0.3 is 16.4 Å². The lowest BCUT2D eigenvalue weighted by Crippen LogP contribution is -2.62. The number of nitrogens with two attached hydrogens (primary N) is 2. The Labute approximate surface area is 250 Å². The second-order valence-corrected chi connectivity index (χ2v) is 11.2. The van der Waals surface area contributed by atoms with Crippen molar-refractivity contribution in [2.45, 2.75) is 57.3 Å². The molecule has 4 amide bonds. The van der Waals surface area contributed by atoms with Crippen LogP contribution in [0.5, 0.6) is 0 Å². The van der Waals surface area contributed by atoms with Crippen LogP contribution in [0.3, 0.4) is 0 Å². The number of anilines is 1. The number of amides is 4. The van der Waals surface area contributed by atoms with Crippen LogP contribution >= 0.6 is 24.2 Å². The molecule has 3 atom stereocenters. The molecule has 0 bridgehead atoms. The lowest BCUT2D eigenvalue weighted by Gasteiger charge is -2.38. The average molecular weight is 599 g/mol. The number of halogens is 1. The van der Waals surface area contributed by atoms with Gasteiger partial charge in [0.2, 0.25) is 18.0 Å². The van der Waals surface area contributed by atoms with E-state index >= 15 is 0 Å². The van der Waals surface area contributed by atoms with Crippen LogP contribution in [0.2, 0.25) is 5.02 Å². The summed E-state index contributed by atoms with van der Waals surface area (Å²) < 4.78 is 0. The smallest absolute Gasteiger partial charge is 0.291 e. The van der Waals surface area contributed by atoms with Crippen LogP contribution in [0, 0.1) is 5.92 Å². The number of hydrazine groups is 1. The highest BCUT2D eigenvalue weighted by molar-refractivity contribution is 7.80. The van der Waals surface area contributed by atoms with Crippen molar-refractivity contribution in [2.75, 3.05) is 17.8 Å². The predicted molar refractivity (Wildman–Crippen MR) is 161 cm³/mol. The summed E-state index contributed by atoms with van der Waals surface area (Å²) in [5.74, 6) is -2.90. The van der Waals surface area contributed by atoms with E-state index in [0.717, 1.165) is 47.0 Å². The van der Waals surface area contributed by atoms with E-state index in [1.54, 1.807) is 30.3 Å². The van der Waals surface area contributed by atoms with E-state index < -0.39 is 41.9 Å². The first-order valence-corrected chi connectivity index (χ1v) is 14.6. The highest BCUT2D eigenvalue weighted by Crippen LogP contribution is 2.34. The molecule has 2 aliphatic rings. The maximum atomic E-state index is 14.4. The topological polar surface area (TPSA) is 142 Å². The standard InChI is InChI=1S/C29H35ClN6O4S/c1-17(37)35(28(39)24(32)18-9-5-3-6-10-18)36-23-14-13-20(30)15-21(23)25(19-11-7-4-8-12-19)33-26(29(36)40)34(2)27(38)22(31)16-41/h4,7-8,11-15,18,22,24,26,41H,3,5-6,9-10,16,31-32H2,1-2H3. The Bertz CT molecular complexity index is 1350. The number of hydrogen-bond acceptors (Lipinski definition) is 8. The van der Waals surface area contributed by atoms with Gasteiger partial charge in [0.25, 0.3) is 11.8 Å². The number of carbonyl (C=O) groups is 4. The van der Waals surface area contributed by atoms with E-state index in [0.29, 0.717) is 21.9 Å². The molecule has 0 radical (unpaired) electrons. The number of fused-ring (bicyclic) bond motifs is 1. The number of nitrogens with zero attached hydrogens (tertiary/aromatic N) is 4. The molecule has 1 fully saturated rings. The highest BCUT2D eigenvalue weighted by Gasteiger charge is 2.44. The van der Waals surface area contributed by atoms with Gasteiger partial charge >= 0.3 is 0 Å². The Balaban J connectivity index is 1.92. The van der Waals surface area contributed by atoms with Crippen molar-refractivity contribution in [3.8, 4) is 0 Å². The number of aliphatic imine (C=N–C) groups is 1. The van der Waals surface area contributed by atoms with Crippen LogP contribution in [0.4, 0.5) is 5.69 Å². The van der Waals surface area contributed by atoms with E-state index in [1.165, 1.54) is 14.0 Å². The Kier molecular flexibility index (Phi) is 9.85. The van der Waals surface area contributed by atoms with Crippen molar-refractivity contribution < 1.29 is 19.2 Å². The summed E-state index contributed by atoms with van der Waals surface area (Å²) in [7, 11) is 1.40. The monoisotopic (exact) mass is 598 g/mol. The van der Waals surface area contributed by atoms with Gasteiger partial charge in [-0.05, 0) is 37.0 Å². The number of likely N-dealkylation sites (N-methyl/N-ethyl adjacent to an activating group) is 1. The van der Waals surface area contributed by atoms with Crippen molar-refractivity contribution in [3.63, 3.8) is 0 Å². The van der Waals surface area contributed by atoms with Gasteiger partial charge in [0.15, 0.2) is 0 Å². The third-order valence-corrected chi connectivity index (χ3v) is 8.18. The van der Waals surface area contributed by atoms with Gasteiger partial charge in [-0.25, -0.2) is 10.0 Å². The fraction of sp³-hybridized carbons (Fsp3) is 0.414. The predicted octanol–water partition coefficient (Wildman–Crippen LogP) is 2.76. The van der Waals surface area contributed by atoms with Gasteiger partial charge in [-0.15, -0.1) is 0 Å². The van der Waals surface area contributed by atoms with E-state index in [4.69, 9.17) is 28.1 Å². The minimum atomic E-state index is -1.48. The van der Waals surface area contributed by atoms with E-state index in [1.807, 2.05) is 18.2 Å². The first kappa shape index (κ1) is 30.7. The summed E-state index contributed by atoms with van der Waals surface area (Å²) in [4.78, 5) is 60.6. The zero-order chi connectivity index (χ0) is 29.8.